The molecule has 0 bridgehead atoms. The molecule has 0 heterocycles. The second-order valence-electron chi connectivity index (χ2n) is 11.1. The monoisotopic (exact) mass is 654 g/mol. The minimum Gasteiger partial charge on any atom is -0.480 e. The molecule has 0 spiro atoms. The van der Waals surface area contributed by atoms with Crippen LogP contribution < -0.4 is 44.5 Å². The lowest BCUT2D eigenvalue weighted by Gasteiger charge is -2.30. The van der Waals surface area contributed by atoms with Crippen molar-refractivity contribution in [1.82, 2.24) is 5.32 Å². The van der Waals surface area contributed by atoms with Gasteiger partial charge in [0.15, 0.2) is 5.96 Å². The largest absolute Gasteiger partial charge is 0.480 e. The summed E-state index contributed by atoms with van der Waals surface area (Å²) in [6, 6.07) is 1.22. The van der Waals surface area contributed by atoms with Crippen molar-refractivity contribution in [2.75, 3.05) is 13.2 Å². The molecule has 18 heteroatoms. The number of carboxylic acid groups (broad SMARTS) is 2. The molecule has 1 aromatic carbocycles. The van der Waals surface area contributed by atoms with Crippen molar-refractivity contribution in [2.45, 2.75) is 82.4 Å². The summed E-state index contributed by atoms with van der Waals surface area (Å²) in [5.74, 6) is -5.64. The van der Waals surface area contributed by atoms with Gasteiger partial charge in [-0.2, -0.15) is 0 Å². The van der Waals surface area contributed by atoms with Gasteiger partial charge >= 0.3 is 29.8 Å². The van der Waals surface area contributed by atoms with E-state index in [1.165, 1.54) is 19.1 Å². The zero-order chi connectivity index (χ0) is 35.2. The molecule has 0 saturated heterocycles. The third-order valence-corrected chi connectivity index (χ3v) is 6.51. The zero-order valence-electron chi connectivity index (χ0n) is 26.1. The van der Waals surface area contributed by atoms with Crippen LogP contribution in [0.2, 0.25) is 0 Å². The predicted octanol–water partition coefficient (Wildman–Crippen LogP) is -2.53. The van der Waals surface area contributed by atoms with Crippen LogP contribution in [0.3, 0.4) is 0 Å². The molecule has 0 aliphatic heterocycles. The molecule has 0 aliphatic rings. The molecule has 0 unspecified atom stereocenters. The van der Waals surface area contributed by atoms with Gasteiger partial charge in [-0.05, 0) is 56.2 Å². The normalized spacial score (nSPS) is 15.7. The van der Waals surface area contributed by atoms with Crippen LogP contribution in [0.25, 0.3) is 0 Å². The minimum absolute atomic E-state index is 0.0187. The van der Waals surface area contributed by atoms with Crippen molar-refractivity contribution in [3.8, 4) is 5.75 Å². The Labute approximate surface area is 266 Å². The average Bonchev–Trinajstić information content (AvgIpc) is 2.97. The number of carbonyl (C=O) groups excluding carboxylic acids is 3. The first-order valence-electron chi connectivity index (χ1n) is 14.4. The lowest BCUT2D eigenvalue weighted by Crippen LogP contribution is -2.67. The van der Waals surface area contributed by atoms with Crippen LogP contribution in [0.1, 0.15) is 45.6 Å². The van der Waals surface area contributed by atoms with E-state index in [-0.39, 0.29) is 30.5 Å². The van der Waals surface area contributed by atoms with Gasteiger partial charge in [-0.3, -0.25) is 24.7 Å². The van der Waals surface area contributed by atoms with E-state index in [1.807, 2.05) is 0 Å². The van der Waals surface area contributed by atoms with Gasteiger partial charge in [0.2, 0.25) is 5.66 Å². The quantitative estimate of drug-likeness (QED) is 0.0175. The van der Waals surface area contributed by atoms with E-state index in [9.17, 15) is 34.2 Å². The van der Waals surface area contributed by atoms with E-state index >= 15 is 0 Å². The SMILES string of the molecule is CC(C)C[C@H](N[C@](N)(COC(=O)[C@@H](N)[C@@H](C)OC(=O)[C@@H](N)Cc1ccc(OC(=O)[C@@H](N)CCCN=C(N)N)cc1)C(=O)O)C(=O)O. The first-order chi connectivity index (χ1) is 21.4. The molecular weight excluding hydrogens is 608 g/mol. The number of benzene rings is 1. The van der Waals surface area contributed by atoms with Crippen LogP contribution in [0.4, 0.5) is 0 Å². The summed E-state index contributed by atoms with van der Waals surface area (Å²) in [6.45, 7) is 4.14. The molecule has 6 atom stereocenters. The van der Waals surface area contributed by atoms with E-state index < -0.39 is 72.4 Å². The molecule has 1 rings (SSSR count). The second-order valence-corrected chi connectivity index (χ2v) is 11.1. The molecular formula is C28H46N8O10. The van der Waals surface area contributed by atoms with Gasteiger partial charge in [0.1, 0.15) is 42.6 Å². The van der Waals surface area contributed by atoms with E-state index in [1.54, 1.807) is 26.0 Å². The Morgan fingerprint density at radius 3 is 2.07 bits per heavy atom. The van der Waals surface area contributed by atoms with Gasteiger partial charge in [0.05, 0.1) is 0 Å². The summed E-state index contributed by atoms with van der Waals surface area (Å²) < 4.78 is 15.4. The molecule has 0 aromatic heterocycles. The first-order valence-corrected chi connectivity index (χ1v) is 14.4. The highest BCUT2D eigenvalue weighted by molar-refractivity contribution is 5.82. The van der Waals surface area contributed by atoms with Crippen LogP contribution in [0, 0.1) is 5.92 Å². The number of nitrogens with two attached hydrogens (primary N) is 6. The summed E-state index contributed by atoms with van der Waals surface area (Å²) in [4.78, 5) is 64.4. The van der Waals surface area contributed by atoms with Gasteiger partial charge in [-0.25, -0.2) is 9.59 Å². The third kappa shape index (κ3) is 13.7. The molecule has 1 aromatic rings. The van der Waals surface area contributed by atoms with E-state index in [2.05, 4.69) is 10.3 Å². The highest BCUT2D eigenvalue weighted by atomic mass is 16.6. The Kier molecular flexibility index (Phi) is 16.0. The Hall–Kier alpha value is -4.36. The van der Waals surface area contributed by atoms with Crippen molar-refractivity contribution in [2.24, 2.45) is 45.3 Å². The summed E-state index contributed by atoms with van der Waals surface area (Å²) in [7, 11) is 0. The molecule has 46 heavy (non-hydrogen) atoms. The molecule has 0 radical (unpaired) electrons. The minimum atomic E-state index is -2.44. The Morgan fingerprint density at radius 1 is 0.935 bits per heavy atom. The number of hydrogen-bond acceptors (Lipinski definition) is 14. The molecule has 0 aliphatic carbocycles. The number of ether oxygens (including phenoxy) is 3. The average molecular weight is 655 g/mol. The Balaban J connectivity index is 2.65. The molecule has 258 valence electrons. The van der Waals surface area contributed by atoms with Crippen molar-refractivity contribution >= 4 is 35.8 Å². The molecule has 15 N–H and O–H groups in total. The van der Waals surface area contributed by atoms with Crippen LogP contribution in [0.5, 0.6) is 5.75 Å². The summed E-state index contributed by atoms with van der Waals surface area (Å²) in [5.41, 5.74) is 32.1. The van der Waals surface area contributed by atoms with Gasteiger partial charge < -0.3 is 58.8 Å². The second kappa shape index (κ2) is 18.6. The number of esters is 3. The van der Waals surface area contributed by atoms with Gasteiger partial charge in [-0.1, -0.05) is 26.0 Å². The van der Waals surface area contributed by atoms with Crippen molar-refractivity contribution in [1.29, 1.82) is 0 Å². The standard InChI is InChI=1S/C28H46N8O10/c1-14(2)11-20(22(37)38)36-28(34,26(42)43)13-44-25(41)21(31)15(3)45-24(40)19(30)12-16-6-8-17(9-7-16)46-23(39)18(29)5-4-10-35-27(32)33/h6-9,14-15,18-21,36H,4-5,10-13,29-31,34H2,1-3H3,(H,37,38)(H,42,43)(H4,32,33,35)/t15-,18+,19+,20+,21+,28-/m1/s1. The predicted molar refractivity (Wildman–Crippen MR) is 165 cm³/mol. The van der Waals surface area contributed by atoms with Crippen LogP contribution in [-0.4, -0.2) is 95.1 Å². The number of carbonyl (C=O) groups is 5. The number of nitrogens with one attached hydrogen (secondary N) is 1. The van der Waals surface area contributed by atoms with Gasteiger partial charge in [0, 0.05) is 6.54 Å². The fourth-order valence-corrected chi connectivity index (χ4v) is 3.85. The smallest absolute Gasteiger partial charge is 0.342 e. The van der Waals surface area contributed by atoms with E-state index in [0.29, 0.717) is 24.9 Å². The topological polar surface area (TPSA) is 334 Å². The fourth-order valence-electron chi connectivity index (χ4n) is 3.85. The summed E-state index contributed by atoms with van der Waals surface area (Å²) >= 11 is 0. The summed E-state index contributed by atoms with van der Waals surface area (Å²) in [5, 5.41) is 21.3. The maximum Gasteiger partial charge on any atom is 0.342 e. The third-order valence-electron chi connectivity index (χ3n) is 6.51. The molecule has 0 saturated carbocycles. The van der Waals surface area contributed by atoms with Gasteiger partial charge in [0.25, 0.3) is 0 Å². The van der Waals surface area contributed by atoms with E-state index in [0.717, 1.165) is 0 Å². The maximum atomic E-state index is 12.6. The summed E-state index contributed by atoms with van der Waals surface area (Å²) in [6.07, 6.45) is -0.378. The maximum absolute atomic E-state index is 12.6. The van der Waals surface area contributed by atoms with Crippen LogP contribution in [0.15, 0.2) is 29.3 Å². The zero-order valence-corrected chi connectivity index (χ0v) is 26.1. The number of rotatable bonds is 20. The van der Waals surface area contributed by atoms with Crippen molar-refractivity contribution in [3.63, 3.8) is 0 Å². The lowest BCUT2D eigenvalue weighted by atomic mass is 10.0. The van der Waals surface area contributed by atoms with E-state index in [4.69, 9.17) is 48.6 Å². The number of hydrogen-bond donors (Lipinski definition) is 9. The number of guanidine groups is 1. The highest BCUT2D eigenvalue weighted by Crippen LogP contribution is 2.15. The number of nitrogens with zero attached hydrogens (tertiary/aromatic N) is 1. The Bertz CT molecular complexity index is 1230. The van der Waals surface area contributed by atoms with Gasteiger partial charge in [-0.15, -0.1) is 0 Å². The fraction of sp³-hybridized carbons (Fsp3) is 0.571. The Morgan fingerprint density at radius 2 is 1.54 bits per heavy atom. The van der Waals surface area contributed by atoms with Crippen LogP contribution in [-0.2, 0) is 39.9 Å². The number of carboxylic acids is 2. The highest BCUT2D eigenvalue weighted by Gasteiger charge is 2.41. The number of aliphatic carboxylic acids is 2. The van der Waals surface area contributed by atoms with Crippen molar-refractivity contribution < 1.29 is 48.4 Å². The molecule has 0 fully saturated rings. The first kappa shape index (κ1) is 39.7. The lowest BCUT2D eigenvalue weighted by molar-refractivity contribution is -0.161. The molecule has 0 amide bonds. The van der Waals surface area contributed by atoms with Crippen molar-refractivity contribution in [3.05, 3.63) is 29.8 Å². The number of aliphatic imine (C=N–C) groups is 1. The molecule has 18 nitrogen and oxygen atoms in total. The van der Waals surface area contributed by atoms with Crippen LogP contribution >= 0.6 is 0 Å².